The van der Waals surface area contributed by atoms with Crippen LogP contribution in [-0.4, -0.2) is 52.1 Å². The average molecular weight is 360 g/mol. The standard InChI is InChI=1S/C22H24N4O/c27-22(20-11-12-23-24-17-20)26-15-13-25(14-16-26)21(18-7-3-1-4-8-18)19-9-5-2-6-10-19/h1-5,7-9,11-12,17,21H,6,10,13-16H2. The molecular formula is C22H24N4O. The fourth-order valence-electron chi connectivity index (χ4n) is 3.93. The van der Waals surface area contributed by atoms with Gasteiger partial charge >= 0.3 is 0 Å². The van der Waals surface area contributed by atoms with Crippen molar-refractivity contribution in [1.82, 2.24) is 20.0 Å². The number of piperazine rings is 1. The molecule has 2 aliphatic rings. The predicted octanol–water partition coefficient (Wildman–Crippen LogP) is 3.25. The number of nitrogens with zero attached hydrogens (tertiary/aromatic N) is 4. The lowest BCUT2D eigenvalue weighted by Gasteiger charge is -2.40. The number of amides is 1. The molecule has 1 aliphatic carbocycles. The summed E-state index contributed by atoms with van der Waals surface area (Å²) in [4.78, 5) is 17.1. The van der Waals surface area contributed by atoms with Crippen molar-refractivity contribution in [1.29, 1.82) is 0 Å². The van der Waals surface area contributed by atoms with E-state index in [1.165, 1.54) is 11.1 Å². The van der Waals surface area contributed by atoms with Gasteiger partial charge in [-0.15, -0.1) is 0 Å². The van der Waals surface area contributed by atoms with E-state index in [1.54, 1.807) is 18.5 Å². The van der Waals surface area contributed by atoms with Gasteiger partial charge in [0.15, 0.2) is 0 Å². The lowest BCUT2D eigenvalue weighted by atomic mass is 9.90. The summed E-state index contributed by atoms with van der Waals surface area (Å²) < 4.78 is 0. The summed E-state index contributed by atoms with van der Waals surface area (Å²) in [6.07, 6.45) is 12.0. The molecule has 1 saturated heterocycles. The molecule has 1 aromatic carbocycles. The first-order chi connectivity index (χ1) is 13.3. The van der Waals surface area contributed by atoms with Crippen LogP contribution < -0.4 is 0 Å². The molecule has 0 N–H and O–H groups in total. The SMILES string of the molecule is O=C(c1ccnnc1)N1CCN(C(C2=CC=CCC2)c2ccccc2)CC1. The molecule has 4 rings (SSSR count). The van der Waals surface area contributed by atoms with E-state index in [1.807, 2.05) is 4.90 Å². The van der Waals surface area contributed by atoms with Gasteiger partial charge in [0.25, 0.3) is 5.91 Å². The zero-order chi connectivity index (χ0) is 18.5. The topological polar surface area (TPSA) is 49.3 Å². The van der Waals surface area contributed by atoms with Crippen LogP contribution in [0, 0.1) is 0 Å². The van der Waals surface area contributed by atoms with Crippen LogP contribution >= 0.6 is 0 Å². The number of aromatic nitrogens is 2. The molecule has 1 aliphatic heterocycles. The van der Waals surface area contributed by atoms with E-state index in [-0.39, 0.29) is 11.9 Å². The highest BCUT2D eigenvalue weighted by molar-refractivity contribution is 5.93. The smallest absolute Gasteiger partial charge is 0.255 e. The van der Waals surface area contributed by atoms with Crippen LogP contribution in [0.1, 0.15) is 34.8 Å². The van der Waals surface area contributed by atoms with Gasteiger partial charge in [-0.05, 0) is 30.0 Å². The number of carbonyl (C=O) groups excluding carboxylic acids is 1. The first-order valence-electron chi connectivity index (χ1n) is 9.53. The van der Waals surface area contributed by atoms with Crippen LogP contribution in [-0.2, 0) is 0 Å². The van der Waals surface area contributed by atoms with Crippen molar-refractivity contribution in [2.45, 2.75) is 18.9 Å². The summed E-state index contributed by atoms with van der Waals surface area (Å²) in [5, 5.41) is 7.58. The minimum atomic E-state index is 0.0422. The van der Waals surface area contributed by atoms with Crippen LogP contribution in [0.4, 0.5) is 0 Å². The lowest BCUT2D eigenvalue weighted by Crippen LogP contribution is -2.50. The molecule has 1 unspecified atom stereocenters. The summed E-state index contributed by atoms with van der Waals surface area (Å²) in [5.41, 5.74) is 3.40. The molecule has 27 heavy (non-hydrogen) atoms. The fourth-order valence-corrected chi connectivity index (χ4v) is 3.93. The second-order valence-corrected chi connectivity index (χ2v) is 6.98. The number of rotatable bonds is 4. The maximum absolute atomic E-state index is 12.7. The van der Waals surface area contributed by atoms with Gasteiger partial charge < -0.3 is 4.90 Å². The molecule has 1 aromatic heterocycles. The Labute approximate surface area is 160 Å². The van der Waals surface area contributed by atoms with Crippen LogP contribution in [0.15, 0.2) is 72.6 Å². The number of benzene rings is 1. The summed E-state index contributed by atoms with van der Waals surface area (Å²) in [6, 6.07) is 12.7. The fraction of sp³-hybridized carbons (Fsp3) is 0.318. The third-order valence-corrected chi connectivity index (χ3v) is 5.31. The molecule has 0 spiro atoms. The van der Waals surface area contributed by atoms with Crippen LogP contribution in [0.3, 0.4) is 0 Å². The van der Waals surface area contributed by atoms with Crippen LogP contribution in [0.5, 0.6) is 0 Å². The maximum Gasteiger partial charge on any atom is 0.255 e. The Balaban J connectivity index is 1.49. The van der Waals surface area contributed by atoms with E-state index in [9.17, 15) is 4.79 Å². The first kappa shape index (κ1) is 17.6. The van der Waals surface area contributed by atoms with E-state index in [0.717, 1.165) is 39.0 Å². The van der Waals surface area contributed by atoms with E-state index in [0.29, 0.717) is 5.56 Å². The number of carbonyl (C=O) groups is 1. The van der Waals surface area contributed by atoms with E-state index in [2.05, 4.69) is 63.7 Å². The van der Waals surface area contributed by atoms with Crippen molar-refractivity contribution in [3.8, 4) is 0 Å². The quantitative estimate of drug-likeness (QED) is 0.840. The predicted molar refractivity (Wildman–Crippen MR) is 105 cm³/mol. The van der Waals surface area contributed by atoms with Gasteiger partial charge in [0, 0.05) is 26.2 Å². The molecule has 2 aromatic rings. The second kappa shape index (κ2) is 8.27. The maximum atomic E-state index is 12.7. The van der Waals surface area contributed by atoms with Gasteiger partial charge in [0.1, 0.15) is 0 Å². The monoisotopic (exact) mass is 360 g/mol. The minimum absolute atomic E-state index is 0.0422. The lowest BCUT2D eigenvalue weighted by molar-refractivity contribution is 0.0592. The van der Waals surface area contributed by atoms with Gasteiger partial charge in [-0.3, -0.25) is 9.69 Å². The molecule has 5 nitrogen and oxygen atoms in total. The van der Waals surface area contributed by atoms with Crippen molar-refractivity contribution in [2.24, 2.45) is 0 Å². The molecule has 1 atom stereocenters. The third kappa shape index (κ3) is 3.98. The van der Waals surface area contributed by atoms with Crippen molar-refractivity contribution in [3.63, 3.8) is 0 Å². The van der Waals surface area contributed by atoms with Crippen LogP contribution in [0.2, 0.25) is 0 Å². The average Bonchev–Trinajstić information content (AvgIpc) is 2.76. The molecule has 0 radical (unpaired) electrons. The molecule has 138 valence electrons. The van der Waals surface area contributed by atoms with Crippen LogP contribution in [0.25, 0.3) is 0 Å². The number of hydrogen-bond donors (Lipinski definition) is 0. The Bertz CT molecular complexity index is 824. The number of hydrogen-bond acceptors (Lipinski definition) is 4. The summed E-state index contributed by atoms with van der Waals surface area (Å²) >= 11 is 0. The van der Waals surface area contributed by atoms with Gasteiger partial charge in [-0.1, -0.05) is 48.6 Å². The zero-order valence-corrected chi connectivity index (χ0v) is 15.4. The second-order valence-electron chi connectivity index (χ2n) is 6.98. The molecule has 0 bridgehead atoms. The van der Waals surface area contributed by atoms with Crippen molar-refractivity contribution in [2.75, 3.05) is 26.2 Å². The highest BCUT2D eigenvalue weighted by atomic mass is 16.2. The summed E-state index contributed by atoms with van der Waals surface area (Å²) in [5.74, 6) is 0.0422. The van der Waals surface area contributed by atoms with Gasteiger partial charge in [-0.2, -0.15) is 10.2 Å². The molecule has 5 heteroatoms. The summed E-state index contributed by atoms with van der Waals surface area (Å²) in [7, 11) is 0. The molecular weight excluding hydrogens is 336 g/mol. The largest absolute Gasteiger partial charge is 0.336 e. The van der Waals surface area contributed by atoms with Gasteiger partial charge in [-0.25, -0.2) is 0 Å². The Kier molecular flexibility index (Phi) is 5.39. The Hall–Kier alpha value is -2.79. The minimum Gasteiger partial charge on any atom is -0.336 e. The molecule has 1 amide bonds. The van der Waals surface area contributed by atoms with Crippen molar-refractivity contribution >= 4 is 5.91 Å². The molecule has 2 heterocycles. The van der Waals surface area contributed by atoms with Crippen molar-refractivity contribution < 1.29 is 4.79 Å². The van der Waals surface area contributed by atoms with E-state index in [4.69, 9.17) is 0 Å². The third-order valence-electron chi connectivity index (χ3n) is 5.31. The Morgan fingerprint density at radius 3 is 2.48 bits per heavy atom. The number of allylic oxidation sites excluding steroid dienone is 3. The molecule has 1 fully saturated rings. The highest BCUT2D eigenvalue weighted by Gasteiger charge is 2.29. The van der Waals surface area contributed by atoms with Gasteiger partial charge in [0.2, 0.25) is 0 Å². The van der Waals surface area contributed by atoms with Crippen molar-refractivity contribution in [3.05, 3.63) is 83.7 Å². The first-order valence-corrected chi connectivity index (χ1v) is 9.53. The zero-order valence-electron chi connectivity index (χ0n) is 15.4. The highest BCUT2D eigenvalue weighted by Crippen LogP contribution is 2.33. The summed E-state index contributed by atoms with van der Waals surface area (Å²) in [6.45, 7) is 3.19. The Morgan fingerprint density at radius 1 is 1.00 bits per heavy atom. The normalized spacial score (nSPS) is 18.8. The van der Waals surface area contributed by atoms with E-state index >= 15 is 0 Å². The van der Waals surface area contributed by atoms with E-state index < -0.39 is 0 Å². The molecule has 0 saturated carbocycles. The van der Waals surface area contributed by atoms with Gasteiger partial charge in [0.05, 0.1) is 24.0 Å². The Morgan fingerprint density at radius 2 is 1.81 bits per heavy atom.